The van der Waals surface area contributed by atoms with Crippen molar-refractivity contribution in [3.8, 4) is 5.75 Å². The van der Waals surface area contributed by atoms with Crippen LogP contribution in [0.15, 0.2) is 4.79 Å². The minimum Gasteiger partial charge on any atom is -0.501 e. The molecule has 2 aliphatic rings. The maximum Gasteiger partial charge on any atom is 0.294 e. The third kappa shape index (κ3) is 1.81. The summed E-state index contributed by atoms with van der Waals surface area (Å²) in [5, 5.41) is 10.6. The molecule has 0 aromatic heterocycles. The summed E-state index contributed by atoms with van der Waals surface area (Å²) in [5.74, 6) is 0.142. The topological polar surface area (TPSA) is 62.0 Å². The summed E-state index contributed by atoms with van der Waals surface area (Å²) in [4.78, 5) is 14.1. The van der Waals surface area contributed by atoms with Gasteiger partial charge in [0.25, 0.3) is 10.8 Å². The van der Waals surface area contributed by atoms with Gasteiger partial charge in [0.1, 0.15) is 18.9 Å². The Hall–Kier alpha value is -1.40. The molecule has 2 fully saturated rings. The molecule has 0 spiro atoms. The fourth-order valence-corrected chi connectivity index (χ4v) is 2.54. The molecule has 2 aliphatic heterocycles. The van der Waals surface area contributed by atoms with Crippen molar-refractivity contribution in [2.24, 2.45) is 0 Å². The SMILES string of the molecule is O=c1c(N2CCOCC2)c(O)c1=[N+]1CCOCC1. The second-order valence-corrected chi connectivity index (χ2v) is 4.57. The van der Waals surface area contributed by atoms with Gasteiger partial charge in [-0.1, -0.05) is 0 Å². The van der Waals surface area contributed by atoms with Gasteiger partial charge in [0, 0.05) is 13.1 Å². The van der Waals surface area contributed by atoms with Crippen LogP contribution in [0.1, 0.15) is 0 Å². The summed E-state index contributed by atoms with van der Waals surface area (Å²) in [6.07, 6.45) is 0. The molecule has 1 aromatic carbocycles. The van der Waals surface area contributed by atoms with E-state index in [1.165, 1.54) is 0 Å². The van der Waals surface area contributed by atoms with Crippen molar-refractivity contribution in [1.82, 2.24) is 4.58 Å². The van der Waals surface area contributed by atoms with Crippen LogP contribution in [0.3, 0.4) is 0 Å². The molecule has 1 aromatic rings. The zero-order valence-corrected chi connectivity index (χ0v) is 10.2. The maximum atomic E-state index is 12.2. The molecule has 18 heavy (non-hydrogen) atoms. The molecule has 2 heterocycles. The highest BCUT2D eigenvalue weighted by molar-refractivity contribution is 5.62. The monoisotopic (exact) mass is 253 g/mol. The van der Waals surface area contributed by atoms with Gasteiger partial charge in [-0.05, 0) is 0 Å². The van der Waals surface area contributed by atoms with Crippen LogP contribution < -0.4 is 20.3 Å². The van der Waals surface area contributed by atoms with E-state index in [2.05, 4.69) is 0 Å². The van der Waals surface area contributed by atoms with Crippen LogP contribution in [-0.4, -0.2) is 57.7 Å². The molecule has 0 amide bonds. The van der Waals surface area contributed by atoms with Gasteiger partial charge in [0.05, 0.1) is 13.2 Å². The highest BCUT2D eigenvalue weighted by Crippen LogP contribution is 2.21. The van der Waals surface area contributed by atoms with E-state index in [9.17, 15) is 9.90 Å². The van der Waals surface area contributed by atoms with E-state index < -0.39 is 0 Å². The summed E-state index contributed by atoms with van der Waals surface area (Å²) in [5.41, 5.74) is 0.413. The van der Waals surface area contributed by atoms with Crippen LogP contribution in [-0.2, 0) is 9.47 Å². The third-order valence-corrected chi connectivity index (χ3v) is 3.53. The lowest BCUT2D eigenvalue weighted by Gasteiger charge is -2.29. The minimum absolute atomic E-state index is 0.0451. The zero-order valence-electron chi connectivity index (χ0n) is 10.2. The molecule has 6 heteroatoms. The average molecular weight is 253 g/mol. The predicted molar refractivity (Wildman–Crippen MR) is 65.6 cm³/mol. The van der Waals surface area contributed by atoms with Crippen molar-refractivity contribution in [3.05, 3.63) is 15.6 Å². The molecular formula is C12H17N2O4+. The Morgan fingerprint density at radius 1 is 1.06 bits per heavy atom. The highest BCUT2D eigenvalue weighted by Gasteiger charge is 2.31. The molecule has 0 aliphatic carbocycles. The summed E-state index contributed by atoms with van der Waals surface area (Å²) >= 11 is 0. The van der Waals surface area contributed by atoms with E-state index in [-0.39, 0.29) is 11.2 Å². The zero-order chi connectivity index (χ0) is 12.5. The number of ether oxygens (including phenoxy) is 2. The quantitative estimate of drug-likeness (QED) is 0.602. The van der Waals surface area contributed by atoms with E-state index in [0.29, 0.717) is 63.7 Å². The lowest BCUT2D eigenvalue weighted by Crippen LogP contribution is -2.52. The molecule has 0 atom stereocenters. The third-order valence-electron chi connectivity index (χ3n) is 3.53. The lowest BCUT2D eigenvalue weighted by molar-refractivity contribution is 0.0957. The first-order valence-corrected chi connectivity index (χ1v) is 6.29. The van der Waals surface area contributed by atoms with E-state index >= 15 is 0 Å². The Balaban J connectivity index is 1.93. The van der Waals surface area contributed by atoms with Crippen molar-refractivity contribution >= 4 is 5.69 Å². The van der Waals surface area contributed by atoms with Crippen LogP contribution in [0.5, 0.6) is 5.75 Å². The second-order valence-electron chi connectivity index (χ2n) is 4.57. The molecule has 1 N–H and O–H groups in total. The van der Waals surface area contributed by atoms with Gasteiger partial charge >= 0.3 is 0 Å². The maximum absolute atomic E-state index is 12.2. The number of hydrogen-bond donors (Lipinski definition) is 1. The van der Waals surface area contributed by atoms with Crippen LogP contribution in [0.25, 0.3) is 0 Å². The number of hydrogen-bond acceptors (Lipinski definition) is 5. The molecule has 0 radical (unpaired) electrons. The molecule has 0 unspecified atom stereocenters. The first-order valence-electron chi connectivity index (χ1n) is 6.29. The van der Waals surface area contributed by atoms with Crippen LogP contribution in [0, 0.1) is 0 Å². The number of aromatic hydroxyl groups is 1. The Morgan fingerprint density at radius 2 is 1.67 bits per heavy atom. The smallest absolute Gasteiger partial charge is 0.294 e. The van der Waals surface area contributed by atoms with E-state index in [1.807, 2.05) is 9.48 Å². The number of morpholine rings is 2. The highest BCUT2D eigenvalue weighted by atomic mass is 16.5. The van der Waals surface area contributed by atoms with Crippen LogP contribution in [0.4, 0.5) is 5.69 Å². The van der Waals surface area contributed by atoms with Crippen LogP contribution >= 0.6 is 0 Å². The molecule has 2 saturated heterocycles. The molecule has 98 valence electrons. The molecule has 0 saturated carbocycles. The van der Waals surface area contributed by atoms with Gasteiger partial charge in [-0.25, -0.2) is 4.58 Å². The van der Waals surface area contributed by atoms with Crippen molar-refractivity contribution in [3.63, 3.8) is 0 Å². The van der Waals surface area contributed by atoms with Crippen molar-refractivity contribution in [1.29, 1.82) is 0 Å². The Kier molecular flexibility index (Phi) is 3.05. The van der Waals surface area contributed by atoms with Crippen molar-refractivity contribution in [2.75, 3.05) is 57.5 Å². The number of nitrogens with zero attached hydrogens (tertiary/aromatic N) is 2. The minimum atomic E-state index is -0.0451. The molecule has 6 nitrogen and oxygen atoms in total. The van der Waals surface area contributed by atoms with Crippen molar-refractivity contribution < 1.29 is 14.6 Å². The number of anilines is 1. The van der Waals surface area contributed by atoms with E-state index in [1.54, 1.807) is 0 Å². The first-order chi connectivity index (χ1) is 8.79. The first kappa shape index (κ1) is 11.7. The van der Waals surface area contributed by atoms with Crippen molar-refractivity contribution in [2.45, 2.75) is 0 Å². The summed E-state index contributed by atoms with van der Waals surface area (Å²) < 4.78 is 12.4. The molecule has 0 bridgehead atoms. The molecular weight excluding hydrogens is 236 g/mol. The fraction of sp³-hybridized carbons (Fsp3) is 0.667. The van der Waals surface area contributed by atoms with E-state index in [4.69, 9.17) is 9.47 Å². The second kappa shape index (κ2) is 4.70. The number of rotatable bonds is 1. The van der Waals surface area contributed by atoms with Gasteiger partial charge in [-0.3, -0.25) is 4.79 Å². The van der Waals surface area contributed by atoms with Gasteiger partial charge in [-0.15, -0.1) is 0 Å². The summed E-state index contributed by atoms with van der Waals surface area (Å²) in [7, 11) is 0. The van der Waals surface area contributed by atoms with Gasteiger partial charge in [-0.2, -0.15) is 0 Å². The van der Waals surface area contributed by atoms with Gasteiger partial charge in [0.2, 0.25) is 5.75 Å². The van der Waals surface area contributed by atoms with E-state index in [0.717, 1.165) is 0 Å². The molecule has 3 rings (SSSR count). The fourth-order valence-electron chi connectivity index (χ4n) is 2.54. The normalized spacial score (nSPS) is 21.6. The predicted octanol–water partition coefficient (Wildman–Crippen LogP) is -1.73. The lowest BCUT2D eigenvalue weighted by atomic mass is 10.1. The standard InChI is InChI=1S/C12H16N2O4/c15-11-9(13-1-5-17-6-2-13)12(16)10(11)14-3-7-18-8-4-14/h1-8H2/p+1. The Morgan fingerprint density at radius 3 is 2.28 bits per heavy atom. The van der Waals surface area contributed by atoms with Gasteiger partial charge in [0.15, 0.2) is 13.1 Å². The van der Waals surface area contributed by atoms with Gasteiger partial charge < -0.3 is 19.5 Å². The summed E-state index contributed by atoms with van der Waals surface area (Å²) in [6, 6.07) is 0. The summed E-state index contributed by atoms with van der Waals surface area (Å²) in [6.45, 7) is 5.11. The average Bonchev–Trinajstić information content (AvgIpc) is 2.41. The largest absolute Gasteiger partial charge is 0.501 e. The Bertz CT molecular complexity index is 516. The van der Waals surface area contributed by atoms with Crippen LogP contribution in [0.2, 0.25) is 0 Å². The Labute approximate surface area is 104 Å².